The van der Waals surface area contributed by atoms with E-state index in [0.717, 1.165) is 32.4 Å². The van der Waals surface area contributed by atoms with Gasteiger partial charge in [0.15, 0.2) is 0 Å². The van der Waals surface area contributed by atoms with E-state index in [-0.39, 0.29) is 12.0 Å². The summed E-state index contributed by atoms with van der Waals surface area (Å²) < 4.78 is 15.8. The maximum atomic E-state index is 11.7. The van der Waals surface area contributed by atoms with Crippen LogP contribution in [0.4, 0.5) is 0 Å². The first-order valence-corrected chi connectivity index (χ1v) is 7.31. The molecule has 0 aromatic carbocycles. The first kappa shape index (κ1) is 18.4. The van der Waals surface area contributed by atoms with Crippen LogP contribution in [-0.2, 0) is 19.0 Å². The van der Waals surface area contributed by atoms with Crippen molar-refractivity contribution in [1.29, 1.82) is 0 Å². The third-order valence-electron chi connectivity index (χ3n) is 2.51. The lowest BCUT2D eigenvalue weighted by Crippen LogP contribution is -2.42. The van der Waals surface area contributed by atoms with Gasteiger partial charge >= 0.3 is 5.97 Å². The fourth-order valence-corrected chi connectivity index (χ4v) is 1.44. The molecule has 19 heavy (non-hydrogen) atoms. The molecule has 0 heterocycles. The average Bonchev–Trinajstić information content (AvgIpc) is 2.41. The predicted octanol–water partition coefficient (Wildman–Crippen LogP) is 1.75. The van der Waals surface area contributed by atoms with Gasteiger partial charge in [0.25, 0.3) is 0 Å². The molecule has 0 fully saturated rings. The number of unbranched alkanes of at least 4 members (excludes halogenated alkanes) is 1. The molecule has 5 nitrogen and oxygen atoms in total. The van der Waals surface area contributed by atoms with Crippen molar-refractivity contribution in [1.82, 2.24) is 5.32 Å². The molecule has 1 N–H and O–H groups in total. The largest absolute Gasteiger partial charge is 0.465 e. The third-order valence-corrected chi connectivity index (χ3v) is 2.51. The average molecular weight is 275 g/mol. The summed E-state index contributed by atoms with van der Waals surface area (Å²) in [6.07, 6.45) is 3.17. The highest BCUT2D eigenvalue weighted by atomic mass is 16.5. The van der Waals surface area contributed by atoms with Crippen LogP contribution in [0.15, 0.2) is 0 Å². The zero-order valence-corrected chi connectivity index (χ0v) is 12.6. The first-order valence-electron chi connectivity index (χ1n) is 7.31. The van der Waals surface area contributed by atoms with Crippen LogP contribution in [-0.4, -0.2) is 51.6 Å². The van der Waals surface area contributed by atoms with Gasteiger partial charge < -0.3 is 19.5 Å². The number of ether oxygens (including phenoxy) is 3. The topological polar surface area (TPSA) is 56.8 Å². The molecular formula is C14H29NO4. The Balaban J connectivity index is 3.70. The highest BCUT2D eigenvalue weighted by molar-refractivity contribution is 5.75. The molecule has 1 atom stereocenters. The predicted molar refractivity (Wildman–Crippen MR) is 75.3 cm³/mol. The Kier molecular flexibility index (Phi) is 13.3. The summed E-state index contributed by atoms with van der Waals surface area (Å²) in [5.74, 6) is -0.247. The van der Waals surface area contributed by atoms with Gasteiger partial charge in [-0.15, -0.1) is 0 Å². The lowest BCUT2D eigenvalue weighted by molar-refractivity contribution is -0.147. The number of hydrogen-bond donors (Lipinski definition) is 1. The number of carbonyl (C=O) groups is 1. The van der Waals surface area contributed by atoms with E-state index in [1.807, 2.05) is 0 Å². The standard InChI is InChI=1S/C14H29NO4/c1-4-7-9-17-10-11-18-12-13(15-8-5-2)14(16)19-6-3/h13,15H,4-12H2,1-3H3. The molecule has 1 unspecified atom stereocenters. The second kappa shape index (κ2) is 13.8. The maximum absolute atomic E-state index is 11.7. The van der Waals surface area contributed by atoms with E-state index in [1.54, 1.807) is 6.92 Å². The quantitative estimate of drug-likeness (QED) is 0.410. The van der Waals surface area contributed by atoms with Crippen molar-refractivity contribution in [3.05, 3.63) is 0 Å². The number of rotatable bonds is 13. The molecule has 5 heteroatoms. The summed E-state index contributed by atoms with van der Waals surface area (Å²) in [4.78, 5) is 11.7. The van der Waals surface area contributed by atoms with Crippen LogP contribution >= 0.6 is 0 Å². The second-order valence-corrected chi connectivity index (χ2v) is 4.30. The van der Waals surface area contributed by atoms with E-state index < -0.39 is 0 Å². The molecule has 0 radical (unpaired) electrons. The third kappa shape index (κ3) is 10.9. The Bertz CT molecular complexity index is 212. The number of nitrogens with one attached hydrogen (secondary N) is 1. The fraction of sp³-hybridized carbons (Fsp3) is 0.929. The minimum absolute atomic E-state index is 0.247. The zero-order valence-electron chi connectivity index (χ0n) is 12.6. The van der Waals surface area contributed by atoms with Crippen molar-refractivity contribution in [2.75, 3.05) is 39.6 Å². The SMILES string of the molecule is CCCCOCCOCC(NCCC)C(=O)OCC. The van der Waals surface area contributed by atoms with Crippen LogP contribution in [0.1, 0.15) is 40.0 Å². The van der Waals surface area contributed by atoms with Crippen molar-refractivity contribution in [3.63, 3.8) is 0 Å². The second-order valence-electron chi connectivity index (χ2n) is 4.30. The smallest absolute Gasteiger partial charge is 0.325 e. The Labute approximate surface area is 117 Å². The number of hydrogen-bond acceptors (Lipinski definition) is 5. The molecule has 0 spiro atoms. The van der Waals surface area contributed by atoms with Gasteiger partial charge in [-0.1, -0.05) is 20.3 Å². The minimum Gasteiger partial charge on any atom is -0.465 e. The van der Waals surface area contributed by atoms with E-state index >= 15 is 0 Å². The molecule has 114 valence electrons. The van der Waals surface area contributed by atoms with Crippen molar-refractivity contribution < 1.29 is 19.0 Å². The molecular weight excluding hydrogens is 246 g/mol. The molecule has 0 amide bonds. The summed E-state index contributed by atoms with van der Waals surface area (Å²) >= 11 is 0. The normalized spacial score (nSPS) is 12.4. The Hall–Kier alpha value is -0.650. The lowest BCUT2D eigenvalue weighted by atomic mass is 10.3. The van der Waals surface area contributed by atoms with Gasteiger partial charge in [0.2, 0.25) is 0 Å². The van der Waals surface area contributed by atoms with Gasteiger partial charge in [0.1, 0.15) is 6.04 Å². The molecule has 0 saturated carbocycles. The summed E-state index contributed by atoms with van der Waals surface area (Å²) in [6.45, 7) is 9.34. The molecule has 0 aliphatic heterocycles. The molecule has 0 aromatic rings. The Morgan fingerprint density at radius 1 is 1.05 bits per heavy atom. The van der Waals surface area contributed by atoms with E-state index in [2.05, 4.69) is 19.2 Å². The summed E-state index contributed by atoms with van der Waals surface area (Å²) in [5.41, 5.74) is 0. The van der Waals surface area contributed by atoms with Crippen LogP contribution in [0.3, 0.4) is 0 Å². The number of esters is 1. The van der Waals surface area contributed by atoms with E-state index in [0.29, 0.717) is 26.4 Å². The fourth-order valence-electron chi connectivity index (χ4n) is 1.44. The van der Waals surface area contributed by atoms with E-state index in [9.17, 15) is 4.79 Å². The van der Waals surface area contributed by atoms with E-state index in [4.69, 9.17) is 14.2 Å². The summed E-state index contributed by atoms with van der Waals surface area (Å²) in [7, 11) is 0. The summed E-state index contributed by atoms with van der Waals surface area (Å²) in [5, 5.41) is 3.12. The first-order chi connectivity index (χ1) is 9.26. The van der Waals surface area contributed by atoms with Gasteiger partial charge in [-0.25, -0.2) is 0 Å². The highest BCUT2D eigenvalue weighted by Gasteiger charge is 2.18. The Morgan fingerprint density at radius 3 is 2.42 bits per heavy atom. The minimum atomic E-state index is -0.379. The van der Waals surface area contributed by atoms with Crippen LogP contribution < -0.4 is 5.32 Å². The number of carbonyl (C=O) groups excluding carboxylic acids is 1. The molecule has 0 saturated heterocycles. The molecule has 0 rings (SSSR count). The highest BCUT2D eigenvalue weighted by Crippen LogP contribution is 1.93. The maximum Gasteiger partial charge on any atom is 0.325 e. The molecule has 0 aliphatic carbocycles. The summed E-state index contributed by atoms with van der Waals surface area (Å²) in [6, 6.07) is -0.379. The van der Waals surface area contributed by atoms with Crippen LogP contribution in [0, 0.1) is 0 Å². The van der Waals surface area contributed by atoms with Crippen LogP contribution in [0.2, 0.25) is 0 Å². The van der Waals surface area contributed by atoms with Gasteiger partial charge in [-0.2, -0.15) is 0 Å². The van der Waals surface area contributed by atoms with Gasteiger partial charge in [0, 0.05) is 6.61 Å². The molecule has 0 aliphatic rings. The van der Waals surface area contributed by atoms with Gasteiger partial charge in [0.05, 0.1) is 26.4 Å². The van der Waals surface area contributed by atoms with Gasteiger partial charge in [-0.3, -0.25) is 4.79 Å². The molecule has 0 bridgehead atoms. The zero-order chi connectivity index (χ0) is 14.3. The van der Waals surface area contributed by atoms with Crippen molar-refractivity contribution in [3.8, 4) is 0 Å². The van der Waals surface area contributed by atoms with E-state index in [1.165, 1.54) is 0 Å². The van der Waals surface area contributed by atoms with Crippen LogP contribution in [0.5, 0.6) is 0 Å². The molecule has 0 aromatic heterocycles. The monoisotopic (exact) mass is 275 g/mol. The van der Waals surface area contributed by atoms with Crippen molar-refractivity contribution in [2.45, 2.75) is 46.1 Å². The lowest BCUT2D eigenvalue weighted by Gasteiger charge is -2.17. The van der Waals surface area contributed by atoms with Crippen LogP contribution in [0.25, 0.3) is 0 Å². The van der Waals surface area contributed by atoms with Gasteiger partial charge in [-0.05, 0) is 26.3 Å². The Morgan fingerprint density at radius 2 is 1.79 bits per heavy atom. The van der Waals surface area contributed by atoms with Crippen molar-refractivity contribution >= 4 is 5.97 Å². The van der Waals surface area contributed by atoms with Crippen molar-refractivity contribution in [2.24, 2.45) is 0 Å².